The lowest BCUT2D eigenvalue weighted by molar-refractivity contribution is 0.660. The van der Waals surface area contributed by atoms with Crippen LogP contribution in [0.2, 0.25) is 0 Å². The van der Waals surface area contributed by atoms with Crippen LogP contribution in [0.25, 0.3) is 94.4 Å². The predicted octanol–water partition coefficient (Wildman–Crippen LogP) is 12.0. The Morgan fingerprint density at radius 2 is 1.10 bits per heavy atom. The van der Waals surface area contributed by atoms with Crippen molar-refractivity contribution in [2.45, 2.75) is 19.3 Å². The maximum absolute atomic E-state index is 5.23. The SMILES string of the molecule is CC1(C)c2ccc(-c3ccc4c(c3)c3ccccc3n4-c3ccccc3)cc2-c2cc(-c3nc4c5c(cccc5n3)-c3ccccc3-4)ccc21. The summed E-state index contributed by atoms with van der Waals surface area (Å²) in [5.74, 6) is 0.770. The van der Waals surface area contributed by atoms with Crippen LogP contribution >= 0.6 is 0 Å². The van der Waals surface area contributed by atoms with Crippen LogP contribution in [-0.4, -0.2) is 14.5 Å². The second-order valence-electron chi connectivity index (χ2n) is 14.2. The van der Waals surface area contributed by atoms with Gasteiger partial charge in [0.05, 0.1) is 22.2 Å². The molecule has 11 rings (SSSR count). The first kappa shape index (κ1) is 27.6. The number of fused-ring (bicyclic) bond motifs is 9. The summed E-state index contributed by atoms with van der Waals surface area (Å²) in [5, 5.41) is 3.68. The summed E-state index contributed by atoms with van der Waals surface area (Å²) >= 11 is 0. The second-order valence-corrected chi connectivity index (χ2v) is 14.2. The van der Waals surface area contributed by atoms with Crippen molar-refractivity contribution in [1.29, 1.82) is 0 Å². The molecule has 0 bridgehead atoms. The molecule has 2 aliphatic rings. The number of aromatic nitrogens is 3. The molecule has 0 saturated carbocycles. The summed E-state index contributed by atoms with van der Waals surface area (Å²) in [6.45, 7) is 4.68. The van der Waals surface area contributed by atoms with Gasteiger partial charge in [-0.15, -0.1) is 0 Å². The Morgan fingerprint density at radius 1 is 0.460 bits per heavy atom. The average Bonchev–Trinajstić information content (AvgIpc) is 3.75. The van der Waals surface area contributed by atoms with Crippen LogP contribution in [0, 0.1) is 0 Å². The molecule has 3 nitrogen and oxygen atoms in total. The fraction of sp³-hybridized carbons (Fsp3) is 0.0638. The second kappa shape index (κ2) is 9.87. The number of hydrogen-bond donors (Lipinski definition) is 0. The summed E-state index contributed by atoms with van der Waals surface area (Å²) in [4.78, 5) is 10.4. The van der Waals surface area contributed by atoms with Crippen LogP contribution in [0.3, 0.4) is 0 Å². The minimum Gasteiger partial charge on any atom is -0.309 e. The Kier molecular flexibility index (Phi) is 5.45. The summed E-state index contributed by atoms with van der Waals surface area (Å²) in [7, 11) is 0. The van der Waals surface area contributed by atoms with Crippen molar-refractivity contribution in [3.05, 3.63) is 163 Å². The fourth-order valence-electron chi connectivity index (χ4n) is 8.75. The molecule has 0 spiro atoms. The van der Waals surface area contributed by atoms with Gasteiger partial charge in [0.15, 0.2) is 5.82 Å². The van der Waals surface area contributed by atoms with Crippen LogP contribution < -0.4 is 0 Å². The molecule has 234 valence electrons. The van der Waals surface area contributed by atoms with E-state index in [1.165, 1.54) is 77.6 Å². The molecule has 0 fully saturated rings. The minimum absolute atomic E-state index is 0.110. The molecule has 0 saturated heterocycles. The van der Waals surface area contributed by atoms with Gasteiger partial charge < -0.3 is 4.57 Å². The molecule has 0 amide bonds. The molecule has 3 heteroatoms. The van der Waals surface area contributed by atoms with E-state index < -0.39 is 0 Å². The highest BCUT2D eigenvalue weighted by Gasteiger charge is 2.36. The van der Waals surface area contributed by atoms with E-state index in [4.69, 9.17) is 9.97 Å². The van der Waals surface area contributed by atoms with Crippen molar-refractivity contribution in [2.24, 2.45) is 0 Å². The van der Waals surface area contributed by atoms with E-state index in [0.29, 0.717) is 0 Å². The van der Waals surface area contributed by atoms with E-state index in [2.05, 4.69) is 170 Å². The van der Waals surface area contributed by atoms with E-state index >= 15 is 0 Å². The third-order valence-corrected chi connectivity index (χ3v) is 11.2. The fourth-order valence-corrected chi connectivity index (χ4v) is 8.75. The zero-order valence-corrected chi connectivity index (χ0v) is 27.8. The number of rotatable bonds is 3. The number of hydrogen-bond acceptors (Lipinski definition) is 2. The maximum atomic E-state index is 5.23. The molecule has 0 unspecified atom stereocenters. The first-order valence-electron chi connectivity index (χ1n) is 17.3. The van der Waals surface area contributed by atoms with Crippen LogP contribution in [0.4, 0.5) is 0 Å². The van der Waals surface area contributed by atoms with E-state index in [1.54, 1.807) is 0 Å². The lowest BCUT2D eigenvalue weighted by Crippen LogP contribution is -2.14. The van der Waals surface area contributed by atoms with Gasteiger partial charge in [0.25, 0.3) is 0 Å². The first-order valence-corrected chi connectivity index (χ1v) is 17.3. The molecule has 7 aromatic carbocycles. The van der Waals surface area contributed by atoms with E-state index in [1.807, 2.05) is 0 Å². The maximum Gasteiger partial charge on any atom is 0.160 e. The molecule has 2 aromatic heterocycles. The molecular weight excluding hydrogens is 607 g/mol. The molecule has 0 aliphatic heterocycles. The average molecular weight is 638 g/mol. The van der Waals surface area contributed by atoms with E-state index in [0.717, 1.165) is 28.0 Å². The van der Waals surface area contributed by atoms with E-state index in [9.17, 15) is 0 Å². The van der Waals surface area contributed by atoms with Crippen molar-refractivity contribution >= 4 is 32.7 Å². The molecule has 9 aromatic rings. The Bertz CT molecular complexity index is 2890. The van der Waals surface area contributed by atoms with Crippen molar-refractivity contribution in [3.8, 4) is 61.7 Å². The topological polar surface area (TPSA) is 30.7 Å². The lowest BCUT2D eigenvalue weighted by Gasteiger charge is -2.21. The van der Waals surface area contributed by atoms with E-state index in [-0.39, 0.29) is 5.41 Å². The molecule has 2 aliphatic carbocycles. The van der Waals surface area contributed by atoms with Gasteiger partial charge in [-0.2, -0.15) is 0 Å². The van der Waals surface area contributed by atoms with Crippen molar-refractivity contribution in [3.63, 3.8) is 0 Å². The third kappa shape index (κ3) is 3.69. The van der Waals surface area contributed by atoms with Gasteiger partial charge in [0.2, 0.25) is 0 Å². The number of nitrogens with zero attached hydrogens (tertiary/aromatic N) is 3. The van der Waals surface area contributed by atoms with Crippen molar-refractivity contribution in [1.82, 2.24) is 14.5 Å². The Hall–Kier alpha value is -6.32. The molecule has 50 heavy (non-hydrogen) atoms. The number of benzene rings is 7. The predicted molar refractivity (Wildman–Crippen MR) is 207 cm³/mol. The normalized spacial score (nSPS) is 13.6. The van der Waals surface area contributed by atoms with Crippen LogP contribution in [-0.2, 0) is 5.41 Å². The zero-order valence-electron chi connectivity index (χ0n) is 27.8. The van der Waals surface area contributed by atoms with Crippen molar-refractivity contribution in [2.75, 3.05) is 0 Å². The van der Waals surface area contributed by atoms with Gasteiger partial charge in [-0.05, 0) is 93.0 Å². The quantitative estimate of drug-likeness (QED) is 0.193. The highest BCUT2D eigenvalue weighted by molar-refractivity contribution is 6.13. The smallest absolute Gasteiger partial charge is 0.160 e. The Balaban J connectivity index is 1.06. The summed E-state index contributed by atoms with van der Waals surface area (Å²) in [5.41, 5.74) is 17.9. The van der Waals surface area contributed by atoms with Gasteiger partial charge in [0.1, 0.15) is 0 Å². The standard InChI is InChI=1S/C47H31N3/c1-47(2)39-22-19-28(29-21-24-43-38(26-29)33-14-8-9-18-42(33)50(43)31-11-4-3-5-12-31)25-36(39)37-27-30(20-23-40(37)47)46-48-41-17-10-16-34-32-13-6-7-15-35(32)45(49-46)44(34)41/h3-27H,1-2H3. The van der Waals surface area contributed by atoms with Crippen LogP contribution in [0.5, 0.6) is 0 Å². The summed E-state index contributed by atoms with van der Waals surface area (Å²) < 4.78 is 2.37. The zero-order chi connectivity index (χ0) is 33.1. The van der Waals surface area contributed by atoms with Gasteiger partial charge in [-0.3, -0.25) is 0 Å². The molecule has 0 radical (unpaired) electrons. The molecular formula is C47H31N3. The third-order valence-electron chi connectivity index (χ3n) is 11.2. The summed E-state index contributed by atoms with van der Waals surface area (Å²) in [6.07, 6.45) is 0. The van der Waals surface area contributed by atoms with Gasteiger partial charge in [-0.1, -0.05) is 117 Å². The largest absolute Gasteiger partial charge is 0.309 e. The Labute approximate surface area is 290 Å². The van der Waals surface area contributed by atoms with Crippen LogP contribution in [0.15, 0.2) is 152 Å². The summed E-state index contributed by atoms with van der Waals surface area (Å²) in [6, 6.07) is 55.2. The molecule has 2 heterocycles. The first-order chi connectivity index (χ1) is 24.5. The molecule has 0 N–H and O–H groups in total. The Morgan fingerprint density at radius 3 is 1.94 bits per heavy atom. The lowest BCUT2D eigenvalue weighted by atomic mass is 9.82. The van der Waals surface area contributed by atoms with Crippen LogP contribution in [0.1, 0.15) is 25.0 Å². The van der Waals surface area contributed by atoms with Gasteiger partial charge in [-0.25, -0.2) is 9.97 Å². The van der Waals surface area contributed by atoms with Crippen molar-refractivity contribution < 1.29 is 0 Å². The highest BCUT2D eigenvalue weighted by Crippen LogP contribution is 2.51. The minimum atomic E-state index is -0.110. The monoisotopic (exact) mass is 637 g/mol. The highest BCUT2D eigenvalue weighted by atomic mass is 15.0. The number of para-hydroxylation sites is 2. The van der Waals surface area contributed by atoms with Gasteiger partial charge >= 0.3 is 0 Å². The molecule has 0 atom stereocenters. The van der Waals surface area contributed by atoms with Gasteiger partial charge in [0, 0.05) is 38.4 Å².